The van der Waals surface area contributed by atoms with E-state index in [4.69, 9.17) is 4.74 Å². The highest BCUT2D eigenvalue weighted by Gasteiger charge is 2.31. The second kappa shape index (κ2) is 8.87. The molecular formula is C22H26N4O5S. The third-order valence-corrected chi connectivity index (χ3v) is 7.50. The number of sulfonamides is 1. The topological polar surface area (TPSA) is 115 Å². The first-order valence-corrected chi connectivity index (χ1v) is 12.0. The number of aromatic nitrogens is 3. The predicted molar refractivity (Wildman–Crippen MR) is 118 cm³/mol. The van der Waals surface area contributed by atoms with Gasteiger partial charge in [-0.2, -0.15) is 4.31 Å². The zero-order valence-corrected chi connectivity index (χ0v) is 18.8. The van der Waals surface area contributed by atoms with Crippen LogP contribution < -0.4 is 4.74 Å². The number of carboxylic acid groups (broad SMARTS) is 1. The quantitative estimate of drug-likeness (QED) is 0.579. The van der Waals surface area contributed by atoms with Crippen LogP contribution in [0, 0.1) is 0 Å². The van der Waals surface area contributed by atoms with Gasteiger partial charge in [0.05, 0.1) is 24.0 Å². The van der Waals surface area contributed by atoms with Gasteiger partial charge in [0.15, 0.2) is 0 Å². The summed E-state index contributed by atoms with van der Waals surface area (Å²) in [6.45, 7) is 4.39. The molecule has 0 aliphatic carbocycles. The number of ether oxygens (including phenoxy) is 1. The molecule has 0 amide bonds. The van der Waals surface area contributed by atoms with Crippen LogP contribution in [0.15, 0.2) is 47.9 Å². The predicted octanol–water partition coefficient (Wildman–Crippen LogP) is 2.87. The van der Waals surface area contributed by atoms with Crippen molar-refractivity contribution in [1.29, 1.82) is 0 Å². The molecule has 0 spiro atoms. The van der Waals surface area contributed by atoms with Crippen molar-refractivity contribution in [2.75, 3.05) is 13.1 Å². The summed E-state index contributed by atoms with van der Waals surface area (Å²) in [5.41, 5.74) is 1.81. The van der Waals surface area contributed by atoms with Crippen molar-refractivity contribution in [2.45, 2.75) is 50.2 Å². The van der Waals surface area contributed by atoms with Crippen LogP contribution in [0.25, 0.3) is 10.9 Å². The van der Waals surface area contributed by atoms with Crippen LogP contribution in [0.4, 0.5) is 0 Å². The number of fused-ring (bicyclic) bond motifs is 1. The Kier molecular flexibility index (Phi) is 6.16. The highest BCUT2D eigenvalue weighted by atomic mass is 32.2. The number of hydrogen-bond donors (Lipinski definition) is 1. The second-order valence-electron chi connectivity index (χ2n) is 8.18. The molecule has 1 N–H and O–H groups in total. The molecule has 4 heterocycles. The van der Waals surface area contributed by atoms with Crippen molar-refractivity contribution in [3.63, 3.8) is 0 Å². The summed E-state index contributed by atoms with van der Waals surface area (Å²) < 4.78 is 34.8. The highest BCUT2D eigenvalue weighted by Crippen LogP contribution is 2.35. The molecule has 0 radical (unpaired) electrons. The molecule has 10 heteroatoms. The Labute approximate surface area is 186 Å². The highest BCUT2D eigenvalue weighted by molar-refractivity contribution is 7.89. The van der Waals surface area contributed by atoms with Crippen molar-refractivity contribution in [3.05, 3.63) is 48.5 Å². The summed E-state index contributed by atoms with van der Waals surface area (Å²) in [6, 6.07) is 4.99. The summed E-state index contributed by atoms with van der Waals surface area (Å²) in [5.74, 6) is -0.386. The van der Waals surface area contributed by atoms with Crippen LogP contribution in [0.2, 0.25) is 0 Å². The van der Waals surface area contributed by atoms with Crippen LogP contribution in [0.3, 0.4) is 0 Å². The summed E-state index contributed by atoms with van der Waals surface area (Å²) in [4.78, 5) is 19.6. The lowest BCUT2D eigenvalue weighted by Crippen LogP contribution is -2.37. The van der Waals surface area contributed by atoms with Gasteiger partial charge in [-0.1, -0.05) is 0 Å². The molecule has 1 aliphatic rings. The van der Waals surface area contributed by atoms with Crippen LogP contribution in [-0.4, -0.2) is 57.5 Å². The summed E-state index contributed by atoms with van der Waals surface area (Å²) in [6.07, 6.45) is 7.82. The maximum Gasteiger partial charge on any atom is 0.323 e. The van der Waals surface area contributed by atoms with Crippen molar-refractivity contribution >= 4 is 26.9 Å². The van der Waals surface area contributed by atoms with Crippen LogP contribution in [0.1, 0.15) is 38.2 Å². The molecule has 9 nitrogen and oxygen atoms in total. The van der Waals surface area contributed by atoms with E-state index in [1.54, 1.807) is 23.0 Å². The van der Waals surface area contributed by atoms with Crippen LogP contribution in [0.5, 0.6) is 5.88 Å². The monoisotopic (exact) mass is 458 g/mol. The van der Waals surface area contributed by atoms with Crippen molar-refractivity contribution in [3.8, 4) is 5.88 Å². The molecule has 170 valence electrons. The fourth-order valence-electron chi connectivity index (χ4n) is 4.15. The normalized spacial score (nSPS) is 16.0. The van der Waals surface area contributed by atoms with Gasteiger partial charge < -0.3 is 14.4 Å². The average Bonchev–Trinajstić information content (AvgIpc) is 3.12. The summed E-state index contributed by atoms with van der Waals surface area (Å²) in [5, 5.41) is 10.2. The minimum Gasteiger partial charge on any atom is -0.480 e. The molecule has 0 saturated carbocycles. The molecule has 1 fully saturated rings. The average molecular weight is 459 g/mol. The fourth-order valence-corrected chi connectivity index (χ4v) is 5.57. The van der Waals surface area contributed by atoms with E-state index >= 15 is 0 Å². The molecule has 0 atom stereocenters. The number of pyridine rings is 2. The minimum atomic E-state index is -3.64. The fraction of sp³-hybridized carbons (Fsp3) is 0.409. The van der Waals surface area contributed by atoms with E-state index in [-0.39, 0.29) is 23.5 Å². The second-order valence-corrected chi connectivity index (χ2v) is 10.1. The first-order chi connectivity index (χ1) is 15.3. The minimum absolute atomic E-state index is 0.0405. The first kappa shape index (κ1) is 22.2. The van der Waals surface area contributed by atoms with Gasteiger partial charge in [-0.15, -0.1) is 0 Å². The van der Waals surface area contributed by atoms with Crippen molar-refractivity contribution in [1.82, 2.24) is 18.8 Å². The van der Waals surface area contributed by atoms with E-state index < -0.39 is 16.0 Å². The molecule has 0 bridgehead atoms. The van der Waals surface area contributed by atoms with E-state index in [2.05, 4.69) is 9.97 Å². The van der Waals surface area contributed by atoms with Crippen LogP contribution >= 0.6 is 0 Å². The number of aliphatic carboxylic acids is 1. The smallest absolute Gasteiger partial charge is 0.323 e. The SMILES string of the molecule is CC(C)Oc1ccc(S(=O)(=O)N2CCC(c3cn(CC(=O)O)c4cnccc34)CC2)cn1. The zero-order chi connectivity index (χ0) is 22.9. The Morgan fingerprint density at radius 3 is 2.59 bits per heavy atom. The lowest BCUT2D eigenvalue weighted by molar-refractivity contribution is -0.137. The van der Waals surface area contributed by atoms with Crippen molar-refractivity contribution < 1.29 is 23.1 Å². The van der Waals surface area contributed by atoms with Gasteiger partial charge in [0.2, 0.25) is 15.9 Å². The van der Waals surface area contributed by atoms with Gasteiger partial charge in [0, 0.05) is 36.9 Å². The number of piperidine rings is 1. The number of carboxylic acids is 1. The van der Waals surface area contributed by atoms with Gasteiger partial charge >= 0.3 is 5.97 Å². The van der Waals surface area contributed by atoms with Gasteiger partial charge in [0.1, 0.15) is 11.4 Å². The number of carbonyl (C=O) groups is 1. The third-order valence-electron chi connectivity index (χ3n) is 5.62. The lowest BCUT2D eigenvalue weighted by atomic mass is 9.90. The molecule has 1 aliphatic heterocycles. The number of rotatable bonds is 7. The molecule has 4 rings (SSSR count). The molecular weight excluding hydrogens is 432 g/mol. The number of hydrogen-bond acceptors (Lipinski definition) is 6. The van der Waals surface area contributed by atoms with E-state index in [0.29, 0.717) is 31.8 Å². The maximum absolute atomic E-state index is 13.1. The molecule has 1 saturated heterocycles. The van der Waals surface area contributed by atoms with E-state index in [0.717, 1.165) is 16.5 Å². The van der Waals surface area contributed by atoms with E-state index in [9.17, 15) is 18.3 Å². The Morgan fingerprint density at radius 1 is 1.22 bits per heavy atom. The van der Waals surface area contributed by atoms with Gasteiger partial charge in [0.25, 0.3) is 0 Å². The van der Waals surface area contributed by atoms with Crippen LogP contribution in [-0.2, 0) is 21.4 Å². The van der Waals surface area contributed by atoms with E-state index in [1.165, 1.54) is 16.6 Å². The molecule has 0 unspecified atom stereocenters. The van der Waals surface area contributed by atoms with Gasteiger partial charge in [-0.3, -0.25) is 9.78 Å². The maximum atomic E-state index is 13.1. The molecule has 3 aromatic rings. The summed E-state index contributed by atoms with van der Waals surface area (Å²) in [7, 11) is -3.64. The molecule has 3 aromatic heterocycles. The van der Waals surface area contributed by atoms with Gasteiger partial charge in [-0.25, -0.2) is 13.4 Å². The Bertz CT molecular complexity index is 1210. The standard InChI is InChI=1S/C22H26N4O5S/c1-15(2)31-21-4-3-17(11-24-21)32(29,30)26-9-6-16(7-10-26)19-13-25(14-22(27)28)20-12-23-8-5-18(19)20/h3-5,8,11-13,15-16H,6-7,9-10,14H2,1-2H3,(H,27,28). The molecule has 0 aromatic carbocycles. The first-order valence-electron chi connectivity index (χ1n) is 10.5. The lowest BCUT2D eigenvalue weighted by Gasteiger charge is -2.31. The Morgan fingerprint density at radius 2 is 1.97 bits per heavy atom. The Hall–Kier alpha value is -2.98. The van der Waals surface area contributed by atoms with Crippen molar-refractivity contribution in [2.24, 2.45) is 0 Å². The van der Waals surface area contributed by atoms with Gasteiger partial charge in [-0.05, 0) is 50.3 Å². The largest absolute Gasteiger partial charge is 0.480 e. The third kappa shape index (κ3) is 4.46. The zero-order valence-electron chi connectivity index (χ0n) is 18.0. The van der Waals surface area contributed by atoms with E-state index in [1.807, 2.05) is 26.1 Å². The molecule has 32 heavy (non-hydrogen) atoms. The number of nitrogens with zero attached hydrogens (tertiary/aromatic N) is 4. The summed E-state index contributed by atoms with van der Waals surface area (Å²) >= 11 is 0. The Balaban J connectivity index is 1.50.